The van der Waals surface area contributed by atoms with Crippen LogP contribution in [0.4, 0.5) is 0 Å². The van der Waals surface area contributed by atoms with Crippen molar-refractivity contribution < 1.29 is 24.2 Å². The molecule has 0 bridgehead atoms. The highest BCUT2D eigenvalue weighted by molar-refractivity contribution is 6.46. The van der Waals surface area contributed by atoms with Crippen molar-refractivity contribution in [1.29, 1.82) is 0 Å². The Morgan fingerprint density at radius 1 is 0.949 bits per heavy atom. The molecule has 0 spiro atoms. The number of ketones is 1. The largest absolute Gasteiger partial charge is 0.507 e. The van der Waals surface area contributed by atoms with Crippen LogP contribution in [0.5, 0.6) is 5.75 Å². The molecule has 7 nitrogen and oxygen atoms in total. The van der Waals surface area contributed by atoms with Crippen molar-refractivity contribution >= 4 is 17.4 Å². The molecule has 0 aliphatic carbocycles. The maximum absolute atomic E-state index is 13.4. The summed E-state index contributed by atoms with van der Waals surface area (Å²) in [6, 6.07) is 22.4. The minimum absolute atomic E-state index is 0.117. The third-order valence-electron chi connectivity index (χ3n) is 7.40. The monoisotopic (exact) mass is 526 g/mol. The number of hydrogen-bond donors (Lipinski definition) is 1. The lowest BCUT2D eigenvalue weighted by molar-refractivity contribution is -0.140. The van der Waals surface area contributed by atoms with Gasteiger partial charge in [0.1, 0.15) is 18.1 Å². The molecule has 0 saturated carbocycles. The van der Waals surface area contributed by atoms with Crippen LogP contribution < -0.4 is 4.74 Å². The number of carbonyl (C=O) groups excluding carboxylic acids is 2. The normalized spacial score (nSPS) is 19.4. The SMILES string of the molecule is Cc1ccc([C@H]2/C(=C(\O)c3ccc(OCc4ccccc4)cc3C)C(=O)C(=O)N2CCN2CCOCC2)cc1. The van der Waals surface area contributed by atoms with Gasteiger partial charge in [0.15, 0.2) is 0 Å². The lowest BCUT2D eigenvalue weighted by Crippen LogP contribution is -2.42. The fourth-order valence-electron chi connectivity index (χ4n) is 5.16. The van der Waals surface area contributed by atoms with E-state index < -0.39 is 17.7 Å². The van der Waals surface area contributed by atoms with Crippen molar-refractivity contribution in [2.45, 2.75) is 26.5 Å². The van der Waals surface area contributed by atoms with E-state index in [0.717, 1.165) is 35.3 Å². The topological polar surface area (TPSA) is 79.3 Å². The lowest BCUT2D eigenvalue weighted by atomic mass is 9.93. The Morgan fingerprint density at radius 2 is 1.67 bits per heavy atom. The van der Waals surface area contributed by atoms with Crippen molar-refractivity contribution in [2.24, 2.45) is 0 Å². The molecule has 2 heterocycles. The summed E-state index contributed by atoms with van der Waals surface area (Å²) in [6.07, 6.45) is 0. The first-order chi connectivity index (χ1) is 18.9. The number of ether oxygens (including phenoxy) is 2. The van der Waals surface area contributed by atoms with E-state index in [1.54, 1.807) is 17.0 Å². The zero-order valence-corrected chi connectivity index (χ0v) is 22.4. The summed E-state index contributed by atoms with van der Waals surface area (Å²) in [5.74, 6) is -0.756. The molecule has 3 aromatic rings. The van der Waals surface area contributed by atoms with Crippen LogP contribution >= 0.6 is 0 Å². The second-order valence-corrected chi connectivity index (χ2v) is 10.1. The fraction of sp³-hybridized carbons (Fsp3) is 0.312. The number of nitrogens with zero attached hydrogens (tertiary/aromatic N) is 2. The van der Waals surface area contributed by atoms with Gasteiger partial charge in [-0.1, -0.05) is 60.2 Å². The number of morpholine rings is 1. The Hall–Kier alpha value is -3.94. The van der Waals surface area contributed by atoms with Crippen molar-refractivity contribution in [2.75, 3.05) is 39.4 Å². The summed E-state index contributed by atoms with van der Waals surface area (Å²) >= 11 is 0. The van der Waals surface area contributed by atoms with Crippen LogP contribution in [-0.4, -0.2) is 66.0 Å². The molecular weight excluding hydrogens is 492 g/mol. The zero-order valence-electron chi connectivity index (χ0n) is 22.4. The molecular formula is C32H34N2O5. The average Bonchev–Trinajstić information content (AvgIpc) is 3.21. The minimum atomic E-state index is -0.667. The Labute approximate surface area is 229 Å². The maximum Gasteiger partial charge on any atom is 0.295 e. The van der Waals surface area contributed by atoms with E-state index >= 15 is 0 Å². The van der Waals surface area contributed by atoms with E-state index in [1.165, 1.54) is 0 Å². The first-order valence-electron chi connectivity index (χ1n) is 13.3. The van der Waals surface area contributed by atoms with Crippen molar-refractivity contribution in [3.05, 3.63) is 106 Å². The molecule has 1 N–H and O–H groups in total. The Morgan fingerprint density at radius 3 is 2.36 bits per heavy atom. The smallest absolute Gasteiger partial charge is 0.295 e. The van der Waals surface area contributed by atoms with E-state index in [2.05, 4.69) is 4.90 Å². The van der Waals surface area contributed by atoms with E-state index in [0.29, 0.717) is 44.2 Å². The highest BCUT2D eigenvalue weighted by Gasteiger charge is 2.46. The second kappa shape index (κ2) is 11.8. The Balaban J connectivity index is 1.45. The summed E-state index contributed by atoms with van der Waals surface area (Å²) < 4.78 is 11.4. The van der Waals surface area contributed by atoms with Gasteiger partial charge < -0.3 is 19.5 Å². The number of aryl methyl sites for hydroxylation is 2. The number of rotatable bonds is 8. The number of aliphatic hydroxyl groups excluding tert-OH is 1. The number of aliphatic hydroxyl groups is 1. The van der Waals surface area contributed by atoms with Gasteiger partial charge in [0.05, 0.1) is 24.8 Å². The minimum Gasteiger partial charge on any atom is -0.507 e. The molecule has 1 atom stereocenters. The predicted octanol–water partition coefficient (Wildman–Crippen LogP) is 4.64. The number of Topliss-reactive ketones (excluding diaryl/α,β-unsaturated/α-hetero) is 1. The van der Waals surface area contributed by atoms with Gasteiger partial charge in [-0.05, 0) is 48.7 Å². The second-order valence-electron chi connectivity index (χ2n) is 10.1. The quantitative estimate of drug-likeness (QED) is 0.262. The average molecular weight is 527 g/mol. The summed E-state index contributed by atoms with van der Waals surface area (Å²) in [6.45, 7) is 8.18. The molecule has 0 unspecified atom stereocenters. The van der Waals surface area contributed by atoms with Crippen LogP contribution in [0.3, 0.4) is 0 Å². The van der Waals surface area contributed by atoms with Crippen molar-refractivity contribution in [3.8, 4) is 5.75 Å². The fourth-order valence-corrected chi connectivity index (χ4v) is 5.16. The molecule has 0 radical (unpaired) electrons. The van der Waals surface area contributed by atoms with Crippen LogP contribution in [0, 0.1) is 13.8 Å². The number of amides is 1. The molecule has 2 aliphatic rings. The molecule has 5 rings (SSSR count). The maximum atomic E-state index is 13.4. The molecule has 39 heavy (non-hydrogen) atoms. The van der Waals surface area contributed by atoms with E-state index in [9.17, 15) is 14.7 Å². The van der Waals surface area contributed by atoms with Gasteiger partial charge in [0.25, 0.3) is 11.7 Å². The van der Waals surface area contributed by atoms with Gasteiger partial charge in [0.2, 0.25) is 0 Å². The third kappa shape index (κ3) is 5.90. The third-order valence-corrected chi connectivity index (χ3v) is 7.40. The van der Waals surface area contributed by atoms with Crippen LogP contribution in [-0.2, 0) is 20.9 Å². The van der Waals surface area contributed by atoms with Crippen LogP contribution in [0.2, 0.25) is 0 Å². The number of hydrogen-bond acceptors (Lipinski definition) is 6. The number of carbonyl (C=O) groups is 2. The van der Waals surface area contributed by atoms with Gasteiger partial charge in [-0.25, -0.2) is 0 Å². The summed E-state index contributed by atoms with van der Waals surface area (Å²) in [7, 11) is 0. The zero-order chi connectivity index (χ0) is 27.4. The molecule has 2 fully saturated rings. The summed E-state index contributed by atoms with van der Waals surface area (Å²) in [5.41, 5.74) is 4.30. The Bertz CT molecular complexity index is 1360. The van der Waals surface area contributed by atoms with Crippen LogP contribution in [0.1, 0.15) is 33.9 Å². The van der Waals surface area contributed by atoms with E-state index in [4.69, 9.17) is 9.47 Å². The number of likely N-dealkylation sites (tertiary alicyclic amines) is 1. The van der Waals surface area contributed by atoms with Gasteiger partial charge in [0, 0.05) is 31.7 Å². The van der Waals surface area contributed by atoms with E-state index in [1.807, 2.05) is 74.5 Å². The van der Waals surface area contributed by atoms with Crippen LogP contribution in [0.25, 0.3) is 5.76 Å². The molecule has 3 aromatic carbocycles. The Kier molecular flexibility index (Phi) is 8.10. The standard InChI is InChI=1S/C32H34N2O5/c1-22-8-10-25(11-9-22)29-28(31(36)32(37)34(29)15-14-33-16-18-38-19-17-33)30(35)27-13-12-26(20-23(27)2)39-21-24-6-4-3-5-7-24/h3-13,20,29,35H,14-19,21H2,1-2H3/b30-28+/t29-/m0/s1. The van der Waals surface area contributed by atoms with E-state index in [-0.39, 0.29) is 11.3 Å². The van der Waals surface area contributed by atoms with Crippen molar-refractivity contribution in [1.82, 2.24) is 9.80 Å². The van der Waals surface area contributed by atoms with Crippen molar-refractivity contribution in [3.63, 3.8) is 0 Å². The molecule has 2 saturated heterocycles. The highest BCUT2D eigenvalue weighted by Crippen LogP contribution is 2.40. The first-order valence-corrected chi connectivity index (χ1v) is 13.3. The first kappa shape index (κ1) is 26.7. The van der Waals surface area contributed by atoms with Gasteiger partial charge >= 0.3 is 0 Å². The molecule has 0 aromatic heterocycles. The number of benzene rings is 3. The molecule has 1 amide bonds. The van der Waals surface area contributed by atoms with Gasteiger partial charge in [-0.3, -0.25) is 14.5 Å². The molecule has 202 valence electrons. The van der Waals surface area contributed by atoms with Gasteiger partial charge in [-0.2, -0.15) is 0 Å². The lowest BCUT2D eigenvalue weighted by Gasteiger charge is -2.31. The molecule has 2 aliphatic heterocycles. The molecule has 7 heteroatoms. The highest BCUT2D eigenvalue weighted by atomic mass is 16.5. The predicted molar refractivity (Wildman–Crippen MR) is 149 cm³/mol. The summed E-state index contributed by atoms with van der Waals surface area (Å²) in [4.78, 5) is 30.5. The van der Waals surface area contributed by atoms with Crippen LogP contribution in [0.15, 0.2) is 78.4 Å². The summed E-state index contributed by atoms with van der Waals surface area (Å²) in [5, 5.41) is 11.5. The van der Waals surface area contributed by atoms with Gasteiger partial charge in [-0.15, -0.1) is 0 Å².